The standard InChI is InChI=1S/C24H46O5/c1-2-3-4-5-6-7-8-9-10-11-12-13-14-15-16-17-18-28-19-22(26)24-23(27)21(25)20-29-24/h17-18,21-27H,2-16,19-20H2,1H3/b18-17+/t21-,22+,23-,24-/m0/s1. The van der Waals surface area contributed by atoms with Gasteiger partial charge in [-0.3, -0.25) is 0 Å². The van der Waals surface area contributed by atoms with Gasteiger partial charge in [-0.25, -0.2) is 0 Å². The van der Waals surface area contributed by atoms with E-state index in [1.54, 1.807) is 6.26 Å². The van der Waals surface area contributed by atoms with E-state index in [0.29, 0.717) is 0 Å². The van der Waals surface area contributed by atoms with Crippen LogP contribution >= 0.6 is 0 Å². The Balaban J connectivity index is 1.79. The number of aliphatic hydroxyl groups excluding tert-OH is 3. The zero-order valence-electron chi connectivity index (χ0n) is 18.6. The zero-order valence-corrected chi connectivity index (χ0v) is 18.6. The van der Waals surface area contributed by atoms with E-state index in [1.165, 1.54) is 83.5 Å². The Morgan fingerprint density at radius 3 is 1.86 bits per heavy atom. The van der Waals surface area contributed by atoms with E-state index in [-0.39, 0.29) is 13.2 Å². The molecule has 3 N–H and O–H groups in total. The van der Waals surface area contributed by atoms with E-state index >= 15 is 0 Å². The van der Waals surface area contributed by atoms with E-state index in [1.807, 2.05) is 6.08 Å². The van der Waals surface area contributed by atoms with Crippen LogP contribution in [0.4, 0.5) is 0 Å². The third-order valence-corrected chi connectivity index (χ3v) is 5.75. The van der Waals surface area contributed by atoms with Gasteiger partial charge in [0.2, 0.25) is 0 Å². The number of ether oxygens (including phenoxy) is 2. The Labute approximate surface area is 178 Å². The summed E-state index contributed by atoms with van der Waals surface area (Å²) in [5.41, 5.74) is 0. The molecule has 172 valence electrons. The van der Waals surface area contributed by atoms with Gasteiger partial charge in [-0.15, -0.1) is 0 Å². The van der Waals surface area contributed by atoms with E-state index in [4.69, 9.17) is 9.47 Å². The van der Waals surface area contributed by atoms with Crippen LogP contribution in [0.3, 0.4) is 0 Å². The minimum atomic E-state index is -1.05. The minimum Gasteiger partial charge on any atom is -0.499 e. The van der Waals surface area contributed by atoms with Crippen LogP contribution in [0.1, 0.15) is 103 Å². The molecule has 1 aliphatic heterocycles. The molecule has 1 aliphatic rings. The van der Waals surface area contributed by atoms with Crippen molar-refractivity contribution in [2.24, 2.45) is 0 Å². The van der Waals surface area contributed by atoms with Gasteiger partial charge in [0, 0.05) is 0 Å². The van der Waals surface area contributed by atoms with Crippen LogP contribution in [0.15, 0.2) is 12.3 Å². The van der Waals surface area contributed by atoms with Gasteiger partial charge < -0.3 is 24.8 Å². The summed E-state index contributed by atoms with van der Waals surface area (Å²) < 4.78 is 10.5. The minimum absolute atomic E-state index is 0.0534. The Bertz CT molecular complexity index is 387. The molecule has 1 saturated heterocycles. The van der Waals surface area contributed by atoms with Crippen molar-refractivity contribution >= 4 is 0 Å². The lowest BCUT2D eigenvalue weighted by molar-refractivity contribution is -0.0703. The fourth-order valence-corrected chi connectivity index (χ4v) is 3.81. The molecule has 0 amide bonds. The molecule has 0 aromatic heterocycles. The summed E-state index contributed by atoms with van der Waals surface area (Å²) in [6.07, 6.45) is 20.0. The molecule has 0 unspecified atom stereocenters. The highest BCUT2D eigenvalue weighted by Crippen LogP contribution is 2.18. The lowest BCUT2D eigenvalue weighted by atomic mass is 10.0. The smallest absolute Gasteiger partial charge is 0.117 e. The summed E-state index contributed by atoms with van der Waals surface area (Å²) in [6.45, 7) is 2.38. The van der Waals surface area contributed by atoms with Crippen LogP contribution < -0.4 is 0 Å². The number of rotatable bonds is 19. The lowest BCUT2D eigenvalue weighted by Crippen LogP contribution is -2.40. The Morgan fingerprint density at radius 1 is 0.862 bits per heavy atom. The van der Waals surface area contributed by atoms with Gasteiger partial charge in [-0.1, -0.05) is 90.4 Å². The normalized spacial score (nSPS) is 23.1. The summed E-state index contributed by atoms with van der Waals surface area (Å²) in [7, 11) is 0. The fraction of sp³-hybridized carbons (Fsp3) is 0.917. The monoisotopic (exact) mass is 414 g/mol. The molecule has 5 nitrogen and oxygen atoms in total. The molecule has 0 aromatic rings. The van der Waals surface area contributed by atoms with Crippen LogP contribution in [0.25, 0.3) is 0 Å². The molecule has 0 radical (unpaired) electrons. The van der Waals surface area contributed by atoms with Crippen LogP contribution in [-0.2, 0) is 9.47 Å². The maximum absolute atomic E-state index is 9.92. The molecule has 1 heterocycles. The summed E-state index contributed by atoms with van der Waals surface area (Å²) in [6, 6.07) is 0. The third-order valence-electron chi connectivity index (χ3n) is 5.75. The van der Waals surface area contributed by atoms with Crippen LogP contribution in [0.2, 0.25) is 0 Å². The molecule has 0 bridgehead atoms. The first-order valence-electron chi connectivity index (χ1n) is 12.1. The first kappa shape index (κ1) is 26.4. The molecule has 1 rings (SSSR count). The number of aliphatic hydroxyl groups is 3. The Morgan fingerprint density at radius 2 is 1.38 bits per heavy atom. The van der Waals surface area contributed by atoms with Crippen LogP contribution in [0.5, 0.6) is 0 Å². The largest absolute Gasteiger partial charge is 0.499 e. The van der Waals surface area contributed by atoms with Crippen LogP contribution in [-0.4, -0.2) is 52.9 Å². The van der Waals surface area contributed by atoms with Gasteiger partial charge in [0.05, 0.1) is 12.9 Å². The molecular weight excluding hydrogens is 368 g/mol. The van der Waals surface area contributed by atoms with Gasteiger partial charge in [-0.2, -0.15) is 0 Å². The molecule has 0 saturated carbocycles. The van der Waals surface area contributed by atoms with Gasteiger partial charge in [-0.05, 0) is 18.9 Å². The fourth-order valence-electron chi connectivity index (χ4n) is 3.81. The molecule has 29 heavy (non-hydrogen) atoms. The van der Waals surface area contributed by atoms with Gasteiger partial charge in [0.1, 0.15) is 31.0 Å². The number of unbranched alkanes of at least 4 members (excludes halogenated alkanes) is 14. The van der Waals surface area contributed by atoms with Crippen molar-refractivity contribution in [2.75, 3.05) is 13.2 Å². The molecular formula is C24H46O5. The predicted octanol–water partition coefficient (Wildman–Crippen LogP) is 4.87. The topological polar surface area (TPSA) is 79.2 Å². The highest BCUT2D eigenvalue weighted by molar-refractivity contribution is 4.88. The SMILES string of the molecule is CCCCCCCCCCCCCCCC/C=C/OC[C@@H](O)[C@@H]1OC[C@H](O)[C@@H]1O. The molecule has 0 spiro atoms. The van der Waals surface area contributed by atoms with E-state index in [0.717, 1.165) is 12.8 Å². The molecule has 0 aliphatic carbocycles. The Kier molecular flexibility index (Phi) is 16.6. The molecule has 5 heteroatoms. The second-order valence-electron chi connectivity index (χ2n) is 8.51. The highest BCUT2D eigenvalue weighted by Gasteiger charge is 2.39. The van der Waals surface area contributed by atoms with Crippen molar-refractivity contribution < 1.29 is 24.8 Å². The second kappa shape index (κ2) is 18.2. The lowest BCUT2D eigenvalue weighted by Gasteiger charge is -2.20. The Hall–Kier alpha value is -0.620. The van der Waals surface area contributed by atoms with Crippen molar-refractivity contribution in [1.29, 1.82) is 0 Å². The molecule has 4 atom stereocenters. The van der Waals surface area contributed by atoms with E-state index in [9.17, 15) is 15.3 Å². The number of allylic oxidation sites excluding steroid dienone is 1. The summed E-state index contributed by atoms with van der Waals surface area (Å²) in [5, 5.41) is 29.0. The average molecular weight is 415 g/mol. The quantitative estimate of drug-likeness (QED) is 0.208. The van der Waals surface area contributed by atoms with E-state index in [2.05, 4.69) is 6.92 Å². The van der Waals surface area contributed by atoms with Crippen molar-refractivity contribution in [1.82, 2.24) is 0 Å². The summed E-state index contributed by atoms with van der Waals surface area (Å²) in [5.74, 6) is 0. The molecule has 1 fully saturated rings. The molecule has 0 aromatic carbocycles. The third kappa shape index (κ3) is 13.3. The van der Waals surface area contributed by atoms with Crippen LogP contribution in [0, 0.1) is 0 Å². The van der Waals surface area contributed by atoms with Crippen molar-refractivity contribution in [2.45, 2.75) is 128 Å². The first-order valence-corrected chi connectivity index (χ1v) is 12.1. The van der Waals surface area contributed by atoms with Crippen molar-refractivity contribution in [3.63, 3.8) is 0 Å². The summed E-state index contributed by atoms with van der Waals surface area (Å²) >= 11 is 0. The highest BCUT2D eigenvalue weighted by atomic mass is 16.5. The van der Waals surface area contributed by atoms with Gasteiger partial charge in [0.15, 0.2) is 0 Å². The van der Waals surface area contributed by atoms with E-state index < -0.39 is 24.4 Å². The van der Waals surface area contributed by atoms with Crippen molar-refractivity contribution in [3.8, 4) is 0 Å². The number of hydrogen-bond donors (Lipinski definition) is 3. The predicted molar refractivity (Wildman–Crippen MR) is 118 cm³/mol. The summed E-state index contributed by atoms with van der Waals surface area (Å²) in [4.78, 5) is 0. The van der Waals surface area contributed by atoms with Gasteiger partial charge >= 0.3 is 0 Å². The van der Waals surface area contributed by atoms with Crippen molar-refractivity contribution in [3.05, 3.63) is 12.3 Å². The average Bonchev–Trinajstić information content (AvgIpc) is 3.05. The van der Waals surface area contributed by atoms with Gasteiger partial charge in [0.25, 0.3) is 0 Å². The second-order valence-corrected chi connectivity index (χ2v) is 8.51. The first-order chi connectivity index (χ1) is 14.2. The maximum atomic E-state index is 9.92. The number of hydrogen-bond acceptors (Lipinski definition) is 5. The maximum Gasteiger partial charge on any atom is 0.117 e. The zero-order chi connectivity index (χ0) is 21.2.